The van der Waals surface area contributed by atoms with Gasteiger partial charge in [-0.1, -0.05) is 6.07 Å². The summed E-state index contributed by atoms with van der Waals surface area (Å²) in [7, 11) is 0. The van der Waals surface area contributed by atoms with Gasteiger partial charge in [0.1, 0.15) is 5.82 Å². The Morgan fingerprint density at radius 2 is 1.92 bits per heavy atom. The second-order valence-corrected chi connectivity index (χ2v) is 3.55. The molecule has 0 saturated heterocycles. The van der Waals surface area contributed by atoms with E-state index in [0.29, 0.717) is 11.1 Å². The lowest BCUT2D eigenvalue weighted by atomic mass is 10.1. The third-order valence-corrected chi connectivity index (χ3v) is 2.46. The van der Waals surface area contributed by atoms with Crippen LogP contribution in [0.15, 0.2) is 17.0 Å². The largest absolute Gasteiger partial charge is 0.302 e. The molecule has 0 amide bonds. The first-order valence-corrected chi connectivity index (χ1v) is 4.50. The van der Waals surface area contributed by atoms with E-state index in [1.165, 1.54) is 0 Å². The van der Waals surface area contributed by atoms with Gasteiger partial charge < -0.3 is 4.55 Å². The molecule has 0 spiro atoms. The fraction of sp³-hybridized carbons (Fsp3) is 0.250. The van der Waals surface area contributed by atoms with Crippen LogP contribution < -0.4 is 0 Å². The van der Waals surface area contributed by atoms with E-state index in [9.17, 15) is 8.60 Å². The lowest BCUT2D eigenvalue weighted by molar-refractivity contribution is 0.560. The Bertz CT molecular complexity index is 336. The van der Waals surface area contributed by atoms with Crippen molar-refractivity contribution in [3.63, 3.8) is 0 Å². The molecule has 1 rings (SSSR count). The second-order valence-electron chi connectivity index (χ2n) is 2.62. The fourth-order valence-corrected chi connectivity index (χ4v) is 1.53. The number of halogens is 1. The molecular formula is C8H9FO2S. The van der Waals surface area contributed by atoms with Gasteiger partial charge in [-0.05, 0) is 31.0 Å². The minimum atomic E-state index is -2.10. The summed E-state index contributed by atoms with van der Waals surface area (Å²) in [5, 5.41) is 0. The van der Waals surface area contributed by atoms with Crippen LogP contribution in [0.1, 0.15) is 11.1 Å². The molecule has 0 aromatic heterocycles. The number of hydrogen-bond acceptors (Lipinski definition) is 1. The van der Waals surface area contributed by atoms with Gasteiger partial charge in [0.05, 0.1) is 4.90 Å². The minimum Gasteiger partial charge on any atom is -0.302 e. The van der Waals surface area contributed by atoms with Crippen molar-refractivity contribution < 1.29 is 13.2 Å². The van der Waals surface area contributed by atoms with Gasteiger partial charge in [0.15, 0.2) is 11.1 Å². The molecule has 1 unspecified atom stereocenters. The average molecular weight is 188 g/mol. The smallest absolute Gasteiger partial charge is 0.186 e. The van der Waals surface area contributed by atoms with Crippen molar-refractivity contribution in [1.29, 1.82) is 0 Å². The van der Waals surface area contributed by atoms with Crippen LogP contribution in [0, 0.1) is 19.7 Å². The summed E-state index contributed by atoms with van der Waals surface area (Å²) in [4.78, 5) is 0.137. The Morgan fingerprint density at radius 3 is 2.42 bits per heavy atom. The van der Waals surface area contributed by atoms with Gasteiger partial charge >= 0.3 is 0 Å². The molecule has 0 radical (unpaired) electrons. The van der Waals surface area contributed by atoms with Crippen LogP contribution in [0.4, 0.5) is 4.39 Å². The molecule has 0 heterocycles. The molecule has 0 fully saturated rings. The van der Waals surface area contributed by atoms with Crippen molar-refractivity contribution >= 4 is 11.1 Å². The monoisotopic (exact) mass is 188 g/mol. The number of aryl methyl sites for hydroxylation is 2. The van der Waals surface area contributed by atoms with Crippen LogP contribution in [0.3, 0.4) is 0 Å². The maximum absolute atomic E-state index is 12.9. The Morgan fingerprint density at radius 1 is 1.33 bits per heavy atom. The molecule has 1 aromatic carbocycles. The number of hydrogen-bond donors (Lipinski definition) is 1. The summed E-state index contributed by atoms with van der Waals surface area (Å²) in [5.74, 6) is -0.446. The zero-order valence-electron chi connectivity index (χ0n) is 6.80. The van der Waals surface area contributed by atoms with Gasteiger partial charge in [0.2, 0.25) is 0 Å². The summed E-state index contributed by atoms with van der Waals surface area (Å²) in [6.45, 7) is 3.29. The molecule has 1 atom stereocenters. The Hall–Kier alpha value is -0.740. The van der Waals surface area contributed by atoms with Crippen molar-refractivity contribution in [2.75, 3.05) is 0 Å². The molecule has 2 nitrogen and oxygen atoms in total. The first-order chi connectivity index (χ1) is 5.52. The van der Waals surface area contributed by atoms with Crippen LogP contribution in [0.2, 0.25) is 0 Å². The van der Waals surface area contributed by atoms with Gasteiger partial charge in [-0.2, -0.15) is 0 Å². The predicted octanol–water partition coefficient (Wildman–Crippen LogP) is 2.02. The zero-order chi connectivity index (χ0) is 9.30. The topological polar surface area (TPSA) is 37.3 Å². The lowest BCUT2D eigenvalue weighted by Gasteiger charge is -2.03. The molecule has 0 aliphatic carbocycles. The highest BCUT2D eigenvalue weighted by Crippen LogP contribution is 2.16. The Labute approximate surface area is 72.7 Å². The lowest BCUT2D eigenvalue weighted by Crippen LogP contribution is -1.95. The first-order valence-electron chi connectivity index (χ1n) is 3.40. The van der Waals surface area contributed by atoms with Crippen LogP contribution in [-0.4, -0.2) is 8.76 Å². The third-order valence-electron chi connectivity index (χ3n) is 1.64. The summed E-state index contributed by atoms with van der Waals surface area (Å²) in [5.41, 5.74) is 1.12. The van der Waals surface area contributed by atoms with Gasteiger partial charge in [0.25, 0.3) is 0 Å². The van der Waals surface area contributed by atoms with E-state index in [2.05, 4.69) is 0 Å². The maximum Gasteiger partial charge on any atom is 0.186 e. The van der Waals surface area contributed by atoms with Crippen molar-refractivity contribution in [3.8, 4) is 0 Å². The van der Waals surface area contributed by atoms with E-state index >= 15 is 0 Å². The van der Waals surface area contributed by atoms with Gasteiger partial charge in [-0.15, -0.1) is 0 Å². The molecule has 4 heteroatoms. The van der Waals surface area contributed by atoms with Gasteiger partial charge in [-0.3, -0.25) is 0 Å². The van der Waals surface area contributed by atoms with E-state index in [4.69, 9.17) is 4.55 Å². The predicted molar refractivity (Wildman–Crippen MR) is 44.9 cm³/mol. The molecule has 0 saturated carbocycles. The van der Waals surface area contributed by atoms with Crippen molar-refractivity contribution in [2.45, 2.75) is 18.7 Å². The molecule has 0 aliphatic rings. The molecule has 1 aromatic rings. The minimum absolute atomic E-state index is 0.137. The summed E-state index contributed by atoms with van der Waals surface area (Å²) in [6.07, 6.45) is 0. The number of benzene rings is 1. The van der Waals surface area contributed by atoms with Crippen LogP contribution in [0.25, 0.3) is 0 Å². The van der Waals surface area contributed by atoms with Crippen molar-refractivity contribution in [1.82, 2.24) is 0 Å². The van der Waals surface area contributed by atoms with E-state index < -0.39 is 16.9 Å². The third kappa shape index (κ3) is 1.70. The molecule has 0 aliphatic heterocycles. The maximum atomic E-state index is 12.9. The van der Waals surface area contributed by atoms with Gasteiger partial charge in [-0.25, -0.2) is 8.60 Å². The average Bonchev–Trinajstić information content (AvgIpc) is 1.96. The Kier molecular flexibility index (Phi) is 2.59. The molecule has 0 bridgehead atoms. The zero-order valence-corrected chi connectivity index (χ0v) is 7.61. The van der Waals surface area contributed by atoms with E-state index in [0.717, 1.165) is 6.07 Å². The van der Waals surface area contributed by atoms with E-state index in [-0.39, 0.29) is 4.90 Å². The van der Waals surface area contributed by atoms with Crippen LogP contribution in [0.5, 0.6) is 0 Å². The molecule has 66 valence electrons. The molecule has 1 N–H and O–H groups in total. The van der Waals surface area contributed by atoms with Crippen LogP contribution >= 0.6 is 0 Å². The second kappa shape index (κ2) is 3.33. The van der Waals surface area contributed by atoms with Crippen molar-refractivity contribution in [2.24, 2.45) is 0 Å². The molecule has 12 heavy (non-hydrogen) atoms. The Balaban J connectivity index is 3.33. The van der Waals surface area contributed by atoms with Gasteiger partial charge in [0, 0.05) is 0 Å². The van der Waals surface area contributed by atoms with Crippen LogP contribution in [-0.2, 0) is 11.1 Å². The van der Waals surface area contributed by atoms with E-state index in [1.54, 1.807) is 19.9 Å². The standard InChI is InChI=1S/C8H9FO2S/c1-5-3-6(2)8(12(10)11)4-7(5)9/h3-4H,1-2H3,(H,10,11). The SMILES string of the molecule is Cc1cc(C)c(S(=O)O)cc1F. The normalized spacial score (nSPS) is 13.0. The van der Waals surface area contributed by atoms with Crippen molar-refractivity contribution in [3.05, 3.63) is 29.1 Å². The highest BCUT2D eigenvalue weighted by Gasteiger charge is 2.07. The summed E-state index contributed by atoms with van der Waals surface area (Å²) in [6, 6.07) is 2.65. The van der Waals surface area contributed by atoms with E-state index in [1.807, 2.05) is 0 Å². The highest BCUT2D eigenvalue weighted by atomic mass is 32.2. The number of rotatable bonds is 1. The quantitative estimate of drug-likeness (QED) is 0.684. The summed E-state index contributed by atoms with van der Waals surface area (Å²) >= 11 is -2.10. The fourth-order valence-electron chi connectivity index (χ4n) is 0.996. The highest BCUT2D eigenvalue weighted by molar-refractivity contribution is 7.79. The summed E-state index contributed by atoms with van der Waals surface area (Å²) < 4.78 is 32.2. The first kappa shape index (κ1) is 9.35. The molecular weight excluding hydrogens is 179 g/mol.